The Labute approximate surface area is 189 Å². The molecule has 0 unspecified atom stereocenters. The minimum atomic E-state index is -0.434. The van der Waals surface area contributed by atoms with Gasteiger partial charge >= 0.3 is 5.97 Å². The molecule has 162 valence electrons. The molecule has 0 bridgehead atoms. The molecule has 0 aliphatic heterocycles. The number of hydrogen-bond acceptors (Lipinski definition) is 8. The maximum atomic E-state index is 11.9. The molecule has 0 saturated carbocycles. The number of carbonyl (C=O) groups excluding carboxylic acids is 1. The van der Waals surface area contributed by atoms with E-state index in [4.69, 9.17) is 24.2 Å². The van der Waals surface area contributed by atoms with Crippen LogP contribution in [0.4, 0.5) is 0 Å². The zero-order chi connectivity index (χ0) is 22.5. The van der Waals surface area contributed by atoms with Crippen LogP contribution in [0.3, 0.4) is 0 Å². The number of benzene rings is 2. The Balaban J connectivity index is 1.81. The van der Waals surface area contributed by atoms with Gasteiger partial charge in [0.05, 0.1) is 26.5 Å². The van der Waals surface area contributed by atoms with Crippen LogP contribution in [0.25, 0.3) is 38.4 Å². The smallest absolute Gasteiger partial charge is 0.330 e. The third-order valence-electron chi connectivity index (χ3n) is 4.63. The summed E-state index contributed by atoms with van der Waals surface area (Å²) in [6.45, 7) is 2.07. The molecule has 4 rings (SSSR count). The van der Waals surface area contributed by atoms with Gasteiger partial charge < -0.3 is 14.2 Å². The van der Waals surface area contributed by atoms with E-state index in [1.54, 1.807) is 27.2 Å². The molecule has 8 heteroatoms. The zero-order valence-corrected chi connectivity index (χ0v) is 18.7. The van der Waals surface area contributed by atoms with Crippen molar-refractivity contribution in [2.24, 2.45) is 0 Å². The summed E-state index contributed by atoms with van der Waals surface area (Å²) in [6, 6.07) is 15.2. The molecule has 32 heavy (non-hydrogen) atoms. The Morgan fingerprint density at radius 1 is 0.906 bits per heavy atom. The van der Waals surface area contributed by atoms with Crippen molar-refractivity contribution in [2.45, 2.75) is 6.92 Å². The molecule has 0 aliphatic carbocycles. The number of esters is 1. The van der Waals surface area contributed by atoms with E-state index in [1.165, 1.54) is 17.4 Å². The van der Waals surface area contributed by atoms with Gasteiger partial charge in [-0.05, 0) is 61.5 Å². The summed E-state index contributed by atoms with van der Waals surface area (Å²) in [5.74, 6) is 1.62. The fourth-order valence-corrected chi connectivity index (χ4v) is 3.98. The zero-order valence-electron chi connectivity index (χ0n) is 17.9. The van der Waals surface area contributed by atoms with E-state index in [0.717, 1.165) is 32.5 Å². The molecular formula is C24H21N3O4S. The lowest BCUT2D eigenvalue weighted by Crippen LogP contribution is -1.99. The monoisotopic (exact) mass is 447 g/mol. The second-order valence-corrected chi connectivity index (χ2v) is 7.63. The first-order valence-electron chi connectivity index (χ1n) is 9.93. The lowest BCUT2D eigenvalue weighted by atomic mass is 10.2. The predicted octanol–water partition coefficient (Wildman–Crippen LogP) is 5.01. The largest absolute Gasteiger partial charge is 0.497 e. The maximum absolute atomic E-state index is 11.9. The number of nitrogens with zero attached hydrogens (tertiary/aromatic N) is 3. The molecule has 0 aliphatic rings. The Morgan fingerprint density at radius 2 is 1.53 bits per heavy atom. The molecule has 0 radical (unpaired) electrons. The number of thiazole rings is 1. The molecule has 0 N–H and O–H groups in total. The van der Waals surface area contributed by atoms with Gasteiger partial charge in [0.25, 0.3) is 0 Å². The second kappa shape index (κ2) is 9.57. The Bertz CT molecular complexity index is 1270. The number of hydrogen-bond donors (Lipinski definition) is 0. The summed E-state index contributed by atoms with van der Waals surface area (Å²) in [5, 5.41) is 0.801. The van der Waals surface area contributed by atoms with E-state index in [0.29, 0.717) is 23.6 Å². The summed E-state index contributed by atoms with van der Waals surface area (Å²) in [4.78, 5) is 26.8. The molecule has 4 aromatic rings. The number of carbonyl (C=O) groups is 1. The van der Waals surface area contributed by atoms with Crippen LogP contribution in [0.1, 0.15) is 12.6 Å². The van der Waals surface area contributed by atoms with Crippen LogP contribution in [-0.2, 0) is 9.53 Å². The first kappa shape index (κ1) is 21.5. The van der Waals surface area contributed by atoms with Gasteiger partial charge in [0.2, 0.25) is 0 Å². The molecule has 0 fully saturated rings. The Kier molecular flexibility index (Phi) is 6.42. The number of methoxy groups -OCH3 is 2. The summed E-state index contributed by atoms with van der Waals surface area (Å²) in [7, 11) is 3.25. The van der Waals surface area contributed by atoms with E-state index in [9.17, 15) is 4.79 Å². The van der Waals surface area contributed by atoms with Crippen LogP contribution in [0, 0.1) is 0 Å². The quantitative estimate of drug-likeness (QED) is 0.291. The fourth-order valence-electron chi connectivity index (χ4n) is 3.02. The minimum absolute atomic E-state index is 0.303. The summed E-state index contributed by atoms with van der Waals surface area (Å²) >= 11 is 1.46. The molecule has 0 spiro atoms. The first-order valence-corrected chi connectivity index (χ1v) is 10.7. The van der Waals surface area contributed by atoms with E-state index >= 15 is 0 Å². The number of rotatable bonds is 7. The highest BCUT2D eigenvalue weighted by molar-refractivity contribution is 7.21. The highest BCUT2D eigenvalue weighted by Gasteiger charge is 2.15. The number of fused-ring (bicyclic) bond motifs is 1. The molecule has 0 amide bonds. The fraction of sp³-hybridized carbons (Fsp3) is 0.167. The van der Waals surface area contributed by atoms with Gasteiger partial charge in [0, 0.05) is 17.2 Å². The second-order valence-electron chi connectivity index (χ2n) is 6.65. The summed E-state index contributed by atoms with van der Waals surface area (Å²) < 4.78 is 15.5. The van der Waals surface area contributed by atoms with Crippen LogP contribution >= 0.6 is 11.3 Å². The summed E-state index contributed by atoms with van der Waals surface area (Å²) in [5.41, 5.74) is 2.95. The van der Waals surface area contributed by atoms with Gasteiger partial charge in [-0.3, -0.25) is 0 Å². The topological polar surface area (TPSA) is 83.4 Å². The van der Waals surface area contributed by atoms with Crippen LogP contribution < -0.4 is 9.47 Å². The highest BCUT2D eigenvalue weighted by atomic mass is 32.1. The van der Waals surface area contributed by atoms with Crippen molar-refractivity contribution in [3.05, 3.63) is 60.3 Å². The van der Waals surface area contributed by atoms with Crippen LogP contribution in [0.2, 0.25) is 0 Å². The summed E-state index contributed by atoms with van der Waals surface area (Å²) in [6.07, 6.45) is 2.97. The van der Waals surface area contributed by atoms with Crippen molar-refractivity contribution < 1.29 is 19.0 Å². The van der Waals surface area contributed by atoms with Crippen LogP contribution in [-0.4, -0.2) is 41.7 Å². The van der Waals surface area contributed by atoms with Gasteiger partial charge in [-0.25, -0.2) is 19.7 Å². The standard InChI is InChI=1S/C24H21N3O4S/c1-4-31-20(28)14-13-19-21-24(27-22(25-19)15-5-9-17(29-2)10-6-15)32-23(26-21)16-7-11-18(30-3)12-8-16/h5-14H,4H2,1-3H3/b14-13+. The predicted molar refractivity (Wildman–Crippen MR) is 125 cm³/mol. The average Bonchev–Trinajstić information content (AvgIpc) is 3.27. The van der Waals surface area contributed by atoms with Crippen LogP contribution in [0.15, 0.2) is 54.6 Å². The van der Waals surface area contributed by atoms with Crippen molar-refractivity contribution in [3.63, 3.8) is 0 Å². The molecule has 2 aromatic carbocycles. The van der Waals surface area contributed by atoms with E-state index in [2.05, 4.69) is 4.98 Å². The third-order valence-corrected chi connectivity index (χ3v) is 5.63. The van der Waals surface area contributed by atoms with Crippen molar-refractivity contribution in [2.75, 3.05) is 20.8 Å². The maximum Gasteiger partial charge on any atom is 0.330 e. The molecule has 7 nitrogen and oxygen atoms in total. The normalized spacial score (nSPS) is 11.1. The van der Waals surface area contributed by atoms with E-state index in [-0.39, 0.29) is 0 Å². The van der Waals surface area contributed by atoms with Gasteiger partial charge in [0.15, 0.2) is 5.82 Å². The lowest BCUT2D eigenvalue weighted by molar-refractivity contribution is -0.137. The number of ether oxygens (including phenoxy) is 3. The van der Waals surface area contributed by atoms with Crippen molar-refractivity contribution in [1.29, 1.82) is 0 Å². The van der Waals surface area contributed by atoms with Gasteiger partial charge in [0.1, 0.15) is 26.9 Å². The molecular weight excluding hydrogens is 426 g/mol. The van der Waals surface area contributed by atoms with Crippen molar-refractivity contribution >= 4 is 33.7 Å². The minimum Gasteiger partial charge on any atom is -0.497 e. The van der Waals surface area contributed by atoms with Gasteiger partial charge in [-0.1, -0.05) is 11.3 Å². The Morgan fingerprint density at radius 3 is 2.12 bits per heavy atom. The van der Waals surface area contributed by atoms with E-state index in [1.807, 2.05) is 48.5 Å². The number of aromatic nitrogens is 3. The molecule has 0 saturated heterocycles. The average molecular weight is 448 g/mol. The SMILES string of the molecule is CCOC(=O)/C=C/c1nc(-c2ccc(OC)cc2)nc2sc(-c3ccc(OC)cc3)nc12. The van der Waals surface area contributed by atoms with E-state index < -0.39 is 5.97 Å². The van der Waals surface area contributed by atoms with Crippen molar-refractivity contribution in [3.8, 4) is 33.5 Å². The van der Waals surface area contributed by atoms with Gasteiger partial charge in [-0.15, -0.1) is 0 Å². The van der Waals surface area contributed by atoms with Crippen LogP contribution in [0.5, 0.6) is 11.5 Å². The third kappa shape index (κ3) is 4.60. The van der Waals surface area contributed by atoms with Crippen molar-refractivity contribution in [1.82, 2.24) is 15.0 Å². The molecule has 2 aromatic heterocycles. The highest BCUT2D eigenvalue weighted by Crippen LogP contribution is 2.33. The first-order chi connectivity index (χ1) is 15.6. The molecule has 0 atom stereocenters. The Hall–Kier alpha value is -3.78. The molecule has 2 heterocycles. The van der Waals surface area contributed by atoms with Gasteiger partial charge in [-0.2, -0.15) is 0 Å². The lowest BCUT2D eigenvalue weighted by Gasteiger charge is -2.04.